The standard InChI is InChI=1S/C72H122O61/c73-1-13-25(85)37(97)38(98)62(112-13)124-51-27(87)15(3-75)114-64(40(51)100)126-53-29(89)17(5-77)116-66(42(53)102)128-55-31(91)19(7-79)118-68(44(55)104)130-57-33(93)21(9-81)120-70(46(57)106)132-59-35(95)23(11-83)122-72(48(59)108)133-60-36(96)24(12-84)121-71(49(60)109)131-58-34(94)22(10-82)119-69(47(58)107)129-56-32(92)20(8-80)117-67(45(56)105)127-54-30(90)18(6-78)115-65(43(54)103)125-52-28(88)16(4-76)113-63(41(52)101)123-50-26(86)14(2-74)111-61(110)39(50)99/h13-110H,1-12H2/t13-,14-,15-,16-,17-,18-,19-,20-,21-,22-,23-,24-,25-,26-,27-,28-,29-,30-,31-,32-,33-,34-,35-,36-,37+,38-,39-,40-,41-,42-,43-,44-,45-,46-,47-,48-,49-,50+,51+,52+,53+,54+,55+,56+,57+,58+,59+,60+,61?,62+,63+,64+,65+,66+,67+,68+,69+,70+,71+,72+/m1/s1. The van der Waals surface area contributed by atoms with E-state index in [-0.39, 0.29) is 0 Å². The van der Waals surface area contributed by atoms with Crippen LogP contribution in [0.25, 0.3) is 0 Å². The number of aliphatic hydroxyl groups excluding tert-OH is 38. The maximum absolute atomic E-state index is 12.1. The van der Waals surface area contributed by atoms with Crippen molar-refractivity contribution in [3.63, 3.8) is 0 Å². The fraction of sp³-hybridized carbons (Fsp3) is 1.00. The lowest BCUT2D eigenvalue weighted by molar-refractivity contribution is -0.404. The van der Waals surface area contributed by atoms with Gasteiger partial charge in [0.05, 0.1) is 79.3 Å². The van der Waals surface area contributed by atoms with E-state index in [2.05, 4.69) is 0 Å². The molecule has 12 rings (SSSR count). The van der Waals surface area contributed by atoms with Crippen molar-refractivity contribution in [3.8, 4) is 0 Å². The minimum absolute atomic E-state index is 0.931. The molecule has 12 fully saturated rings. The lowest BCUT2D eigenvalue weighted by Gasteiger charge is -2.50. The van der Waals surface area contributed by atoms with Crippen molar-refractivity contribution in [2.24, 2.45) is 0 Å². The lowest BCUT2D eigenvalue weighted by atomic mass is 9.94. The summed E-state index contributed by atoms with van der Waals surface area (Å²) in [6, 6.07) is 0. The predicted octanol–water partition coefficient (Wildman–Crippen LogP) is -27.2. The van der Waals surface area contributed by atoms with E-state index < -0.39 is 448 Å². The van der Waals surface area contributed by atoms with Crippen LogP contribution in [0.5, 0.6) is 0 Å². The summed E-state index contributed by atoms with van der Waals surface area (Å²) in [5, 5.41) is 420. The van der Waals surface area contributed by atoms with Crippen molar-refractivity contribution in [1.29, 1.82) is 0 Å². The van der Waals surface area contributed by atoms with Gasteiger partial charge in [0.25, 0.3) is 0 Å². The Morgan fingerprint density at radius 2 is 0.218 bits per heavy atom. The van der Waals surface area contributed by atoms with Crippen LogP contribution in [0.2, 0.25) is 0 Å². The molecule has 0 bridgehead atoms. The number of rotatable bonds is 34. The van der Waals surface area contributed by atoms with E-state index in [1.165, 1.54) is 0 Å². The molecule has 0 aliphatic carbocycles. The molecule has 0 amide bonds. The molecule has 0 radical (unpaired) electrons. The van der Waals surface area contributed by atoms with E-state index in [0.29, 0.717) is 0 Å². The van der Waals surface area contributed by atoms with E-state index in [1.807, 2.05) is 0 Å². The van der Waals surface area contributed by atoms with E-state index in [4.69, 9.17) is 109 Å². The normalized spacial score (nSPS) is 53.8. The third-order valence-corrected chi connectivity index (χ3v) is 25.1. The van der Waals surface area contributed by atoms with Gasteiger partial charge in [-0.1, -0.05) is 0 Å². The van der Waals surface area contributed by atoms with Crippen molar-refractivity contribution in [2.75, 3.05) is 79.3 Å². The van der Waals surface area contributed by atoms with Crippen molar-refractivity contribution >= 4 is 0 Å². The Hall–Kier alpha value is -2.44. The second kappa shape index (κ2) is 47.4. The summed E-state index contributed by atoms with van der Waals surface area (Å²) in [6.45, 7) is -13.6. The van der Waals surface area contributed by atoms with Gasteiger partial charge in [-0.15, -0.1) is 0 Å². The summed E-state index contributed by atoms with van der Waals surface area (Å²) in [5.41, 5.74) is 0. The molecule has 61 heteroatoms. The molecule has 0 aromatic rings. The Labute approximate surface area is 748 Å². The zero-order valence-corrected chi connectivity index (χ0v) is 69.5. The molecule has 1 unspecified atom stereocenters. The number of aliphatic hydroxyl groups is 38. The van der Waals surface area contributed by atoms with E-state index in [9.17, 15) is 194 Å². The molecule has 12 heterocycles. The van der Waals surface area contributed by atoms with Gasteiger partial charge in [0.15, 0.2) is 75.5 Å². The second-order valence-electron chi connectivity index (χ2n) is 33.6. The molecule has 61 nitrogen and oxygen atoms in total. The van der Waals surface area contributed by atoms with Crippen LogP contribution in [-0.2, 0) is 109 Å². The highest BCUT2D eigenvalue weighted by molar-refractivity contribution is 5.05. The Morgan fingerprint density at radius 3 is 0.346 bits per heavy atom. The molecule has 60 atom stereocenters. The van der Waals surface area contributed by atoms with Crippen LogP contribution in [0.3, 0.4) is 0 Å². The lowest BCUT2D eigenvalue weighted by Crippen LogP contribution is -2.69. The first kappa shape index (κ1) is 109. The Kier molecular flexibility index (Phi) is 39.0. The van der Waals surface area contributed by atoms with Gasteiger partial charge in [-0.2, -0.15) is 0 Å². The van der Waals surface area contributed by atoms with Crippen molar-refractivity contribution in [3.05, 3.63) is 0 Å². The zero-order chi connectivity index (χ0) is 97.4. The van der Waals surface area contributed by atoms with Gasteiger partial charge in [-0.05, 0) is 0 Å². The number of hydrogen-bond acceptors (Lipinski definition) is 61. The second-order valence-corrected chi connectivity index (χ2v) is 33.6. The van der Waals surface area contributed by atoms with E-state index in [1.54, 1.807) is 0 Å². The molecule has 133 heavy (non-hydrogen) atoms. The molecule has 12 aliphatic heterocycles. The maximum Gasteiger partial charge on any atom is 0.187 e. The molecule has 0 spiro atoms. The van der Waals surface area contributed by atoms with Gasteiger partial charge in [0, 0.05) is 0 Å². The fourth-order valence-electron chi connectivity index (χ4n) is 17.4. The zero-order valence-electron chi connectivity index (χ0n) is 69.5. The Balaban J connectivity index is 0.703. The van der Waals surface area contributed by atoms with Gasteiger partial charge in [-0.25, -0.2) is 0 Å². The molecule has 0 aromatic heterocycles. The quantitative estimate of drug-likeness (QED) is 0.0284. The summed E-state index contributed by atoms with van der Waals surface area (Å²) < 4.78 is 130. The van der Waals surface area contributed by atoms with E-state index >= 15 is 0 Å². The smallest absolute Gasteiger partial charge is 0.187 e. The Bertz CT molecular complexity index is 3380. The predicted molar refractivity (Wildman–Crippen MR) is 395 cm³/mol. The molecule has 776 valence electrons. The maximum atomic E-state index is 12.1. The summed E-state index contributed by atoms with van der Waals surface area (Å²) in [4.78, 5) is 0. The molecular formula is C72H122O61. The molecule has 38 N–H and O–H groups in total. The largest absolute Gasteiger partial charge is 0.394 e. The van der Waals surface area contributed by atoms with Crippen LogP contribution in [0.4, 0.5) is 0 Å². The average molecular weight is 1960 g/mol. The number of ether oxygens (including phenoxy) is 23. The van der Waals surface area contributed by atoms with Crippen LogP contribution in [0.1, 0.15) is 0 Å². The summed E-state index contributed by atoms with van der Waals surface area (Å²) in [6.07, 6.45) is -130. The minimum atomic E-state index is -2.52. The highest BCUT2D eigenvalue weighted by Gasteiger charge is 2.64. The molecular weight excluding hydrogens is 1840 g/mol. The van der Waals surface area contributed by atoms with Crippen molar-refractivity contribution in [2.45, 2.75) is 368 Å². The molecule has 0 saturated carbocycles. The minimum Gasteiger partial charge on any atom is -0.394 e. The molecule has 12 aliphatic rings. The first-order valence-corrected chi connectivity index (χ1v) is 42.2. The third-order valence-electron chi connectivity index (χ3n) is 25.1. The van der Waals surface area contributed by atoms with Gasteiger partial charge in [0.1, 0.15) is 293 Å². The first-order chi connectivity index (χ1) is 63.2. The van der Waals surface area contributed by atoms with E-state index in [0.717, 1.165) is 0 Å². The monoisotopic (exact) mass is 1960 g/mol. The van der Waals surface area contributed by atoms with Gasteiger partial charge < -0.3 is 303 Å². The molecule has 0 aromatic carbocycles. The summed E-state index contributed by atoms with van der Waals surface area (Å²) in [7, 11) is 0. The van der Waals surface area contributed by atoms with Crippen LogP contribution in [0.15, 0.2) is 0 Å². The topological polar surface area (TPSA) is 981 Å². The molecule has 12 saturated heterocycles. The van der Waals surface area contributed by atoms with Gasteiger partial charge in [-0.3, -0.25) is 0 Å². The highest BCUT2D eigenvalue weighted by atomic mass is 16.8. The fourth-order valence-corrected chi connectivity index (χ4v) is 17.4. The SMILES string of the molecule is OC[C@H]1O[C@@H](O[C@@H]2[C@@H](O)[C@H](O[C@@H]3[C@@H](O)[C@H](O[C@@H]4[C@@H](O)[C@H](O[C@@H]5[C@@H](O)[C@H](O[C@@H]6[C@@H](O)[C@H](O[C@@H]7[C@@H](O)[C@H](O[C@@H]8[C@@H](O)[C@H](O[C@@H]9[C@@H](O)[C@H](O[C@@H]%10[C@@H](O)[C@H](O[C@@H]%11[C@@H](O)[C@H](O[C@H]%12[C@H](O)[C@@H](CO)OC(O)[C@@H]%12O)O[C@H](CO)[C@H]%11O)O[C@H](CO)[C@H]%10O)O[C@H](CO)[C@H]9O)O[C@H](CO)[C@H]8O)O[C@H](CO)[C@H]7O)O[C@H](CO)[C@H]6O)O[C@H](CO)[C@H]5O)O[C@H](CO)[C@H]4O)O[C@H](CO)[C@H]3O)O[C@H](CO)[C@H]2O)[C@H](O)[C@@H](O)[C@@H]1O. The van der Waals surface area contributed by atoms with Crippen LogP contribution in [0, 0.1) is 0 Å². The summed E-state index contributed by atoms with van der Waals surface area (Å²) in [5.74, 6) is 0. The third kappa shape index (κ3) is 22.6. The highest BCUT2D eigenvalue weighted by Crippen LogP contribution is 2.43. The van der Waals surface area contributed by atoms with Crippen molar-refractivity contribution in [1.82, 2.24) is 0 Å². The first-order valence-electron chi connectivity index (χ1n) is 42.2. The van der Waals surface area contributed by atoms with Crippen LogP contribution >= 0.6 is 0 Å². The Morgan fingerprint density at radius 1 is 0.113 bits per heavy atom. The van der Waals surface area contributed by atoms with Gasteiger partial charge in [0.2, 0.25) is 0 Å². The van der Waals surface area contributed by atoms with Crippen LogP contribution < -0.4 is 0 Å². The summed E-state index contributed by atoms with van der Waals surface area (Å²) >= 11 is 0. The van der Waals surface area contributed by atoms with Gasteiger partial charge >= 0.3 is 0 Å². The average Bonchev–Trinajstić information content (AvgIpc) is 0.772. The van der Waals surface area contributed by atoms with Crippen LogP contribution in [-0.4, -0.2) is 642 Å². The number of hydrogen-bond donors (Lipinski definition) is 38. The van der Waals surface area contributed by atoms with Crippen molar-refractivity contribution < 1.29 is 303 Å².